The van der Waals surface area contributed by atoms with Crippen molar-refractivity contribution in [2.24, 2.45) is 5.92 Å². The Hall–Kier alpha value is -3.09. The summed E-state index contributed by atoms with van der Waals surface area (Å²) < 4.78 is 5.07. The number of benzene rings is 1. The quantitative estimate of drug-likeness (QED) is 0.749. The standard InChI is InChI=1S/C19H22N2O5/c1-13(19(24)25)12-21(2)18(23)15(11-14-7-4-3-5-8-14)20-17(22)16-9-6-10-26-16/h3-10,13,15H,11-12H2,1-2H3,(H,20,22)(H,24,25). The van der Waals surface area contributed by atoms with Gasteiger partial charge in [0.25, 0.3) is 5.91 Å². The first-order valence-electron chi connectivity index (χ1n) is 8.24. The Morgan fingerprint density at radius 3 is 2.42 bits per heavy atom. The van der Waals surface area contributed by atoms with Gasteiger partial charge in [-0.25, -0.2) is 0 Å². The molecule has 2 atom stereocenters. The number of furan rings is 1. The van der Waals surface area contributed by atoms with Crippen LogP contribution in [0.3, 0.4) is 0 Å². The minimum absolute atomic E-state index is 0.0517. The predicted molar refractivity (Wildman–Crippen MR) is 94.5 cm³/mol. The van der Waals surface area contributed by atoms with Gasteiger partial charge in [-0.1, -0.05) is 37.3 Å². The number of nitrogens with one attached hydrogen (secondary N) is 1. The molecule has 2 aromatic rings. The molecule has 0 radical (unpaired) electrons. The van der Waals surface area contributed by atoms with Gasteiger partial charge in [0.2, 0.25) is 5.91 Å². The first-order chi connectivity index (χ1) is 12.4. The fourth-order valence-electron chi connectivity index (χ4n) is 2.53. The highest BCUT2D eigenvalue weighted by Gasteiger charge is 2.27. The van der Waals surface area contributed by atoms with E-state index in [2.05, 4.69) is 5.32 Å². The molecule has 1 aromatic carbocycles. The summed E-state index contributed by atoms with van der Waals surface area (Å²) in [6.45, 7) is 1.58. The Bertz CT molecular complexity index is 743. The molecule has 1 heterocycles. The molecule has 7 heteroatoms. The van der Waals surface area contributed by atoms with Gasteiger partial charge in [0.15, 0.2) is 5.76 Å². The molecule has 2 rings (SSSR count). The van der Waals surface area contributed by atoms with Crippen LogP contribution in [-0.4, -0.2) is 47.4 Å². The van der Waals surface area contributed by atoms with Gasteiger partial charge < -0.3 is 19.7 Å². The molecule has 26 heavy (non-hydrogen) atoms. The van der Waals surface area contributed by atoms with Gasteiger partial charge in [-0.15, -0.1) is 0 Å². The third kappa shape index (κ3) is 5.20. The molecule has 0 aliphatic rings. The molecular weight excluding hydrogens is 336 g/mol. The Morgan fingerprint density at radius 2 is 1.85 bits per heavy atom. The number of carbonyl (C=O) groups excluding carboxylic acids is 2. The summed E-state index contributed by atoms with van der Waals surface area (Å²) in [7, 11) is 1.53. The lowest BCUT2D eigenvalue weighted by atomic mass is 10.0. The van der Waals surface area contributed by atoms with E-state index in [0.717, 1.165) is 5.56 Å². The van der Waals surface area contributed by atoms with Crippen molar-refractivity contribution in [1.82, 2.24) is 10.2 Å². The third-order valence-corrected chi connectivity index (χ3v) is 3.98. The smallest absolute Gasteiger partial charge is 0.308 e. The number of hydrogen-bond donors (Lipinski definition) is 2. The van der Waals surface area contributed by atoms with E-state index in [-0.39, 0.29) is 24.6 Å². The van der Waals surface area contributed by atoms with E-state index in [9.17, 15) is 14.4 Å². The number of carboxylic acids is 1. The van der Waals surface area contributed by atoms with Crippen LogP contribution in [0.1, 0.15) is 23.0 Å². The van der Waals surface area contributed by atoms with Crippen molar-refractivity contribution in [1.29, 1.82) is 0 Å². The van der Waals surface area contributed by atoms with Gasteiger partial charge in [-0.3, -0.25) is 14.4 Å². The van der Waals surface area contributed by atoms with E-state index in [0.29, 0.717) is 0 Å². The Labute approximate surface area is 151 Å². The van der Waals surface area contributed by atoms with Crippen molar-refractivity contribution >= 4 is 17.8 Å². The van der Waals surface area contributed by atoms with Crippen molar-refractivity contribution in [3.8, 4) is 0 Å². The van der Waals surface area contributed by atoms with Crippen LogP contribution in [-0.2, 0) is 16.0 Å². The van der Waals surface area contributed by atoms with Crippen molar-refractivity contribution in [2.45, 2.75) is 19.4 Å². The van der Waals surface area contributed by atoms with E-state index < -0.39 is 23.8 Å². The van der Waals surface area contributed by atoms with Gasteiger partial charge in [0.1, 0.15) is 6.04 Å². The van der Waals surface area contributed by atoms with Crippen LogP contribution in [0.2, 0.25) is 0 Å². The number of nitrogens with zero attached hydrogens (tertiary/aromatic N) is 1. The van der Waals surface area contributed by atoms with Gasteiger partial charge >= 0.3 is 5.97 Å². The molecule has 0 fully saturated rings. The summed E-state index contributed by atoms with van der Waals surface area (Å²) in [6.07, 6.45) is 1.67. The van der Waals surface area contributed by atoms with E-state index in [1.54, 1.807) is 6.07 Å². The number of likely N-dealkylation sites (N-methyl/N-ethyl adjacent to an activating group) is 1. The normalized spacial score (nSPS) is 12.8. The fourth-order valence-corrected chi connectivity index (χ4v) is 2.53. The van der Waals surface area contributed by atoms with E-state index in [1.165, 1.54) is 31.2 Å². The first kappa shape index (κ1) is 19.2. The molecule has 0 aliphatic carbocycles. The number of aliphatic carboxylic acids is 1. The SMILES string of the molecule is CC(CN(C)C(=O)C(Cc1ccccc1)NC(=O)c1ccco1)C(=O)O. The maximum atomic E-state index is 12.8. The lowest BCUT2D eigenvalue weighted by molar-refractivity contribution is -0.143. The minimum atomic E-state index is -0.983. The van der Waals surface area contributed by atoms with Crippen LogP contribution in [0.4, 0.5) is 0 Å². The molecular formula is C19H22N2O5. The summed E-state index contributed by atoms with van der Waals surface area (Å²) >= 11 is 0. The zero-order chi connectivity index (χ0) is 19.1. The van der Waals surface area contributed by atoms with Gasteiger partial charge in [-0.05, 0) is 17.7 Å². The first-order valence-corrected chi connectivity index (χ1v) is 8.24. The Morgan fingerprint density at radius 1 is 1.15 bits per heavy atom. The predicted octanol–water partition coefficient (Wildman–Crippen LogP) is 1.80. The summed E-state index contributed by atoms with van der Waals surface area (Å²) in [4.78, 5) is 37.5. The average molecular weight is 358 g/mol. The van der Waals surface area contributed by atoms with Crippen molar-refractivity contribution in [3.05, 3.63) is 60.1 Å². The second kappa shape index (κ2) is 8.84. The number of carbonyl (C=O) groups is 3. The summed E-state index contributed by atoms with van der Waals surface area (Å²) in [5.74, 6) is -2.44. The lowest BCUT2D eigenvalue weighted by Gasteiger charge is -2.25. The minimum Gasteiger partial charge on any atom is -0.481 e. The molecule has 2 N–H and O–H groups in total. The van der Waals surface area contributed by atoms with Gasteiger partial charge in [0, 0.05) is 20.0 Å². The molecule has 0 aliphatic heterocycles. The van der Waals surface area contributed by atoms with Crippen LogP contribution in [0, 0.1) is 5.92 Å². The maximum absolute atomic E-state index is 12.8. The highest BCUT2D eigenvalue weighted by atomic mass is 16.4. The Kier molecular flexibility index (Phi) is 6.54. The molecule has 0 bridgehead atoms. The Balaban J connectivity index is 2.14. The molecule has 7 nitrogen and oxygen atoms in total. The lowest BCUT2D eigenvalue weighted by Crippen LogP contribution is -2.49. The molecule has 0 saturated carbocycles. The molecule has 0 spiro atoms. The third-order valence-electron chi connectivity index (χ3n) is 3.98. The van der Waals surface area contributed by atoms with Gasteiger partial charge in [0.05, 0.1) is 12.2 Å². The molecule has 2 amide bonds. The zero-order valence-corrected chi connectivity index (χ0v) is 14.7. The van der Waals surface area contributed by atoms with E-state index in [1.807, 2.05) is 30.3 Å². The maximum Gasteiger partial charge on any atom is 0.308 e. The van der Waals surface area contributed by atoms with Crippen LogP contribution < -0.4 is 5.32 Å². The van der Waals surface area contributed by atoms with Crippen LogP contribution >= 0.6 is 0 Å². The highest BCUT2D eigenvalue weighted by molar-refractivity contribution is 5.95. The van der Waals surface area contributed by atoms with Crippen LogP contribution in [0.15, 0.2) is 53.1 Å². The zero-order valence-electron chi connectivity index (χ0n) is 14.7. The van der Waals surface area contributed by atoms with Crippen LogP contribution in [0.25, 0.3) is 0 Å². The second-order valence-corrected chi connectivity index (χ2v) is 6.15. The number of hydrogen-bond acceptors (Lipinski definition) is 4. The average Bonchev–Trinajstić information content (AvgIpc) is 3.16. The molecule has 138 valence electrons. The van der Waals surface area contributed by atoms with Crippen molar-refractivity contribution in [2.75, 3.05) is 13.6 Å². The molecule has 0 saturated heterocycles. The molecule has 2 unspecified atom stereocenters. The summed E-state index contributed by atoms with van der Waals surface area (Å²) in [6, 6.07) is 11.5. The summed E-state index contributed by atoms with van der Waals surface area (Å²) in [5, 5.41) is 11.7. The monoisotopic (exact) mass is 358 g/mol. The summed E-state index contributed by atoms with van der Waals surface area (Å²) in [5.41, 5.74) is 0.880. The second-order valence-electron chi connectivity index (χ2n) is 6.15. The van der Waals surface area contributed by atoms with E-state index in [4.69, 9.17) is 9.52 Å². The number of carboxylic acid groups (broad SMARTS) is 1. The van der Waals surface area contributed by atoms with Gasteiger partial charge in [-0.2, -0.15) is 0 Å². The number of amides is 2. The van der Waals surface area contributed by atoms with Crippen molar-refractivity contribution < 1.29 is 23.9 Å². The van der Waals surface area contributed by atoms with E-state index >= 15 is 0 Å². The molecule has 1 aromatic heterocycles. The topological polar surface area (TPSA) is 99.9 Å². The van der Waals surface area contributed by atoms with Crippen molar-refractivity contribution in [3.63, 3.8) is 0 Å². The highest BCUT2D eigenvalue weighted by Crippen LogP contribution is 2.09. The largest absolute Gasteiger partial charge is 0.481 e. The van der Waals surface area contributed by atoms with Crippen LogP contribution in [0.5, 0.6) is 0 Å². The fraction of sp³-hybridized carbons (Fsp3) is 0.316. The number of rotatable bonds is 8.